The van der Waals surface area contributed by atoms with Crippen molar-refractivity contribution in [2.75, 3.05) is 13.1 Å². The van der Waals surface area contributed by atoms with Gasteiger partial charge >= 0.3 is 6.09 Å². The van der Waals surface area contributed by atoms with E-state index in [4.69, 9.17) is 4.74 Å². The van der Waals surface area contributed by atoms with E-state index in [2.05, 4.69) is 31.4 Å². The monoisotopic (exact) mass is 422 g/mol. The van der Waals surface area contributed by atoms with Gasteiger partial charge in [0.15, 0.2) is 5.69 Å². The maximum Gasteiger partial charge on any atom is 0.407 e. The first kappa shape index (κ1) is 18.7. The summed E-state index contributed by atoms with van der Waals surface area (Å²) in [6, 6.07) is 5.70. The average molecular weight is 423 g/mol. The molecule has 2 amide bonds. The molecule has 1 aliphatic heterocycles. The summed E-state index contributed by atoms with van der Waals surface area (Å²) in [6.07, 6.45) is 0.971. The number of aromatic amines is 1. The molecular formula is C18H23BrN4O3. The highest BCUT2D eigenvalue weighted by atomic mass is 79.9. The molecule has 7 nitrogen and oxygen atoms in total. The van der Waals surface area contributed by atoms with Gasteiger partial charge in [-0.3, -0.25) is 9.89 Å². The Balaban J connectivity index is 1.60. The fourth-order valence-electron chi connectivity index (χ4n) is 3.00. The van der Waals surface area contributed by atoms with Crippen molar-refractivity contribution in [3.63, 3.8) is 0 Å². The summed E-state index contributed by atoms with van der Waals surface area (Å²) in [4.78, 5) is 26.5. The van der Waals surface area contributed by atoms with E-state index in [1.807, 2.05) is 39.0 Å². The Morgan fingerprint density at radius 2 is 2.00 bits per heavy atom. The quantitative estimate of drug-likeness (QED) is 0.775. The Hall–Kier alpha value is -2.09. The number of likely N-dealkylation sites (tertiary alicyclic amines) is 1. The van der Waals surface area contributed by atoms with Crippen LogP contribution in [-0.4, -0.2) is 51.8 Å². The molecule has 0 saturated carbocycles. The molecule has 3 rings (SSSR count). The maximum absolute atomic E-state index is 12.8. The zero-order chi connectivity index (χ0) is 18.9. The smallest absolute Gasteiger partial charge is 0.407 e. The van der Waals surface area contributed by atoms with E-state index >= 15 is 0 Å². The summed E-state index contributed by atoms with van der Waals surface area (Å²) in [7, 11) is 0. The van der Waals surface area contributed by atoms with Gasteiger partial charge in [-0.2, -0.15) is 5.10 Å². The molecule has 2 N–H and O–H groups in total. The van der Waals surface area contributed by atoms with Crippen molar-refractivity contribution in [3.05, 3.63) is 28.4 Å². The van der Waals surface area contributed by atoms with Gasteiger partial charge in [0.05, 0.1) is 5.52 Å². The zero-order valence-corrected chi connectivity index (χ0v) is 16.7. The summed E-state index contributed by atoms with van der Waals surface area (Å²) in [6.45, 7) is 6.64. The molecule has 1 aromatic carbocycles. The molecule has 2 heterocycles. The van der Waals surface area contributed by atoms with Crippen molar-refractivity contribution >= 4 is 38.8 Å². The fraction of sp³-hybridized carbons (Fsp3) is 0.500. The first-order chi connectivity index (χ1) is 12.2. The first-order valence-corrected chi connectivity index (χ1v) is 9.44. The molecule has 0 spiro atoms. The van der Waals surface area contributed by atoms with E-state index in [9.17, 15) is 9.59 Å². The highest BCUT2D eigenvalue weighted by Gasteiger charge is 2.28. The predicted molar refractivity (Wildman–Crippen MR) is 102 cm³/mol. The number of benzene rings is 1. The number of hydrogen-bond donors (Lipinski definition) is 2. The van der Waals surface area contributed by atoms with Crippen molar-refractivity contribution in [3.8, 4) is 0 Å². The standard InChI is InChI=1S/C18H23BrN4O3/c1-18(2,3)26-17(25)20-12-6-8-23(9-7-12)16(24)15-13-10-11(19)4-5-14(13)21-22-15/h4-5,10,12H,6-9H2,1-3H3,(H,20,25)(H,21,22). The van der Waals surface area contributed by atoms with E-state index in [1.165, 1.54) is 0 Å². The number of amides is 2. The summed E-state index contributed by atoms with van der Waals surface area (Å²) in [5.74, 6) is -0.0925. The van der Waals surface area contributed by atoms with Crippen LogP contribution >= 0.6 is 15.9 Å². The van der Waals surface area contributed by atoms with Gasteiger partial charge in [-0.15, -0.1) is 0 Å². The normalized spacial score (nSPS) is 15.9. The minimum Gasteiger partial charge on any atom is -0.444 e. The minimum absolute atomic E-state index is 0.0129. The lowest BCUT2D eigenvalue weighted by Crippen LogP contribution is -2.47. The molecular weight excluding hydrogens is 400 g/mol. The van der Waals surface area contributed by atoms with Crippen molar-refractivity contribution in [2.24, 2.45) is 0 Å². The van der Waals surface area contributed by atoms with Gasteiger partial charge in [0.2, 0.25) is 0 Å². The van der Waals surface area contributed by atoms with Crippen LogP contribution in [0.15, 0.2) is 22.7 Å². The third-order valence-electron chi connectivity index (χ3n) is 4.23. The Kier molecular flexibility index (Phi) is 5.22. The van der Waals surface area contributed by atoms with Gasteiger partial charge in [-0.05, 0) is 51.8 Å². The third-order valence-corrected chi connectivity index (χ3v) is 4.72. The molecule has 140 valence electrons. The Morgan fingerprint density at radius 3 is 2.65 bits per heavy atom. The number of hydrogen-bond acceptors (Lipinski definition) is 4. The number of fused-ring (bicyclic) bond motifs is 1. The SMILES string of the molecule is CC(C)(C)OC(=O)NC1CCN(C(=O)c2n[nH]c3ccc(Br)cc23)CC1. The molecule has 8 heteroatoms. The van der Waals surface area contributed by atoms with Gasteiger partial charge in [0.1, 0.15) is 5.60 Å². The number of rotatable bonds is 2. The lowest BCUT2D eigenvalue weighted by atomic mass is 10.0. The highest BCUT2D eigenvalue weighted by molar-refractivity contribution is 9.10. The number of ether oxygens (including phenoxy) is 1. The third kappa shape index (κ3) is 4.35. The zero-order valence-electron chi connectivity index (χ0n) is 15.1. The van der Waals surface area contributed by atoms with Crippen molar-refractivity contribution < 1.29 is 14.3 Å². The number of H-pyrrole nitrogens is 1. The van der Waals surface area contributed by atoms with Crippen LogP contribution in [0.2, 0.25) is 0 Å². The number of carbonyl (C=O) groups is 2. The van der Waals surface area contributed by atoms with Crippen LogP contribution < -0.4 is 5.32 Å². The van der Waals surface area contributed by atoms with E-state index in [-0.39, 0.29) is 11.9 Å². The Morgan fingerprint density at radius 1 is 1.31 bits per heavy atom. The number of halogens is 1. The molecule has 26 heavy (non-hydrogen) atoms. The molecule has 0 radical (unpaired) electrons. The van der Waals surface area contributed by atoms with Crippen LogP contribution in [0.1, 0.15) is 44.1 Å². The second-order valence-corrected chi connectivity index (χ2v) is 8.39. The summed E-state index contributed by atoms with van der Waals surface area (Å²) < 4.78 is 6.19. The number of piperidine rings is 1. The van der Waals surface area contributed by atoms with Gasteiger partial charge in [-0.25, -0.2) is 4.79 Å². The molecule has 0 atom stereocenters. The van der Waals surface area contributed by atoms with Crippen molar-refractivity contribution in [1.29, 1.82) is 0 Å². The molecule has 0 aliphatic carbocycles. The second-order valence-electron chi connectivity index (χ2n) is 7.47. The second kappa shape index (κ2) is 7.26. The van der Waals surface area contributed by atoms with Gasteiger partial charge in [0, 0.05) is 29.0 Å². The average Bonchev–Trinajstić information content (AvgIpc) is 2.96. The molecule has 1 fully saturated rings. The number of nitrogens with zero attached hydrogens (tertiary/aromatic N) is 2. The van der Waals surface area contributed by atoms with Crippen molar-refractivity contribution in [1.82, 2.24) is 20.4 Å². The largest absolute Gasteiger partial charge is 0.444 e. The van der Waals surface area contributed by atoms with Crippen LogP contribution in [-0.2, 0) is 4.74 Å². The van der Waals surface area contributed by atoms with Crippen LogP contribution in [0.3, 0.4) is 0 Å². The predicted octanol–water partition coefficient (Wildman–Crippen LogP) is 3.45. The Bertz CT molecular complexity index is 819. The number of nitrogens with one attached hydrogen (secondary N) is 2. The first-order valence-electron chi connectivity index (χ1n) is 8.65. The van der Waals surface area contributed by atoms with Gasteiger partial charge in [0.25, 0.3) is 5.91 Å². The minimum atomic E-state index is -0.518. The van der Waals surface area contributed by atoms with Crippen LogP contribution in [0.4, 0.5) is 4.79 Å². The topological polar surface area (TPSA) is 87.3 Å². The number of aromatic nitrogens is 2. The number of carbonyl (C=O) groups excluding carboxylic acids is 2. The molecule has 2 aromatic rings. The highest BCUT2D eigenvalue weighted by Crippen LogP contribution is 2.23. The molecule has 0 bridgehead atoms. The maximum atomic E-state index is 12.8. The van der Waals surface area contributed by atoms with E-state index in [0.29, 0.717) is 31.6 Å². The van der Waals surface area contributed by atoms with E-state index in [0.717, 1.165) is 15.4 Å². The number of alkyl carbamates (subject to hydrolysis) is 1. The summed E-state index contributed by atoms with van der Waals surface area (Å²) in [5, 5.41) is 10.8. The summed E-state index contributed by atoms with van der Waals surface area (Å²) in [5.41, 5.74) is 0.744. The lowest BCUT2D eigenvalue weighted by Gasteiger charge is -2.32. The van der Waals surface area contributed by atoms with E-state index < -0.39 is 11.7 Å². The summed E-state index contributed by atoms with van der Waals surface area (Å²) >= 11 is 3.43. The van der Waals surface area contributed by atoms with Gasteiger partial charge < -0.3 is 15.0 Å². The molecule has 0 unspecified atom stereocenters. The van der Waals surface area contributed by atoms with Crippen molar-refractivity contribution in [2.45, 2.75) is 45.3 Å². The molecule has 1 saturated heterocycles. The van der Waals surface area contributed by atoms with Gasteiger partial charge in [-0.1, -0.05) is 15.9 Å². The van der Waals surface area contributed by atoms with E-state index in [1.54, 1.807) is 4.90 Å². The van der Waals surface area contributed by atoms with Crippen LogP contribution in [0.25, 0.3) is 10.9 Å². The Labute approximate surface area is 160 Å². The van der Waals surface area contributed by atoms with Crippen LogP contribution in [0, 0.1) is 0 Å². The fourth-order valence-corrected chi connectivity index (χ4v) is 3.36. The lowest BCUT2D eigenvalue weighted by molar-refractivity contribution is 0.0473. The van der Waals surface area contributed by atoms with Crippen LogP contribution in [0.5, 0.6) is 0 Å². The molecule has 1 aromatic heterocycles. The molecule has 1 aliphatic rings.